The molecule has 1 unspecified atom stereocenters. The Morgan fingerprint density at radius 1 is 1.50 bits per heavy atom. The molecule has 5 nitrogen and oxygen atoms in total. The van der Waals surface area contributed by atoms with Gasteiger partial charge in [0.15, 0.2) is 0 Å². The number of nitriles is 1. The number of nitrogens with zero attached hydrogens (tertiary/aromatic N) is 3. The molecule has 20 heavy (non-hydrogen) atoms. The maximum atomic E-state index is 11.1. The summed E-state index contributed by atoms with van der Waals surface area (Å²) in [4.78, 5) is 17.8. The third kappa shape index (κ3) is 2.22. The molecule has 5 heteroatoms. The van der Waals surface area contributed by atoms with Crippen molar-refractivity contribution >= 4 is 11.8 Å². The fraction of sp³-hybridized carbons (Fsp3) is 0.533. The molecule has 1 saturated heterocycles. The number of hydrogen-bond acceptors (Lipinski definition) is 4. The minimum atomic E-state index is -0.735. The molecule has 3 rings (SSSR count). The van der Waals surface area contributed by atoms with Crippen molar-refractivity contribution in [1.29, 1.82) is 5.26 Å². The van der Waals surface area contributed by atoms with Crippen LogP contribution in [0.1, 0.15) is 31.4 Å². The normalized spacial score (nSPS) is 23.9. The van der Waals surface area contributed by atoms with Crippen molar-refractivity contribution in [3.63, 3.8) is 0 Å². The van der Waals surface area contributed by atoms with Crippen molar-refractivity contribution in [1.82, 2.24) is 4.98 Å². The summed E-state index contributed by atoms with van der Waals surface area (Å²) in [6.07, 6.45) is 3.34. The van der Waals surface area contributed by atoms with E-state index in [1.54, 1.807) is 0 Å². The van der Waals surface area contributed by atoms with Gasteiger partial charge in [-0.05, 0) is 37.8 Å². The topological polar surface area (TPSA) is 77.2 Å². The van der Waals surface area contributed by atoms with E-state index in [1.165, 1.54) is 0 Å². The van der Waals surface area contributed by atoms with Crippen LogP contribution < -0.4 is 4.90 Å². The van der Waals surface area contributed by atoms with Crippen molar-refractivity contribution in [3.05, 3.63) is 23.9 Å². The molecule has 1 aliphatic heterocycles. The van der Waals surface area contributed by atoms with Crippen LogP contribution in [-0.4, -0.2) is 29.1 Å². The Morgan fingerprint density at radius 2 is 2.30 bits per heavy atom. The summed E-state index contributed by atoms with van der Waals surface area (Å²) in [5, 5.41) is 18.4. The Hall–Kier alpha value is -2.09. The van der Waals surface area contributed by atoms with E-state index in [1.807, 2.05) is 23.1 Å². The SMILES string of the molecule is N#CC1(c2cccc(N3CCCC(C(=O)O)C3)n2)CC1. The number of aliphatic carboxylic acids is 1. The molecule has 0 aromatic carbocycles. The van der Waals surface area contributed by atoms with Gasteiger partial charge in [-0.15, -0.1) is 0 Å². The lowest BCUT2D eigenvalue weighted by Gasteiger charge is -2.32. The van der Waals surface area contributed by atoms with Crippen LogP contribution in [0.3, 0.4) is 0 Å². The Bertz CT molecular complexity index is 575. The fourth-order valence-corrected chi connectivity index (χ4v) is 2.80. The van der Waals surface area contributed by atoms with Crippen molar-refractivity contribution < 1.29 is 9.90 Å². The van der Waals surface area contributed by atoms with Crippen LogP contribution in [-0.2, 0) is 10.2 Å². The molecule has 0 radical (unpaired) electrons. The molecular weight excluding hydrogens is 254 g/mol. The first-order valence-electron chi connectivity index (χ1n) is 7.01. The van der Waals surface area contributed by atoms with Gasteiger partial charge in [-0.2, -0.15) is 5.26 Å². The molecule has 104 valence electrons. The Morgan fingerprint density at radius 3 is 2.95 bits per heavy atom. The van der Waals surface area contributed by atoms with Gasteiger partial charge in [0.05, 0.1) is 23.1 Å². The molecule has 1 aliphatic carbocycles. The molecule has 0 bridgehead atoms. The number of hydrogen-bond donors (Lipinski definition) is 1. The number of aromatic nitrogens is 1. The minimum Gasteiger partial charge on any atom is -0.481 e. The Kier molecular flexibility index (Phi) is 3.09. The van der Waals surface area contributed by atoms with Gasteiger partial charge < -0.3 is 10.0 Å². The van der Waals surface area contributed by atoms with Crippen molar-refractivity contribution in [2.45, 2.75) is 31.1 Å². The zero-order valence-electron chi connectivity index (χ0n) is 11.2. The van der Waals surface area contributed by atoms with Gasteiger partial charge in [-0.1, -0.05) is 6.07 Å². The molecule has 1 aromatic heterocycles. The second-order valence-corrected chi connectivity index (χ2v) is 5.70. The molecule has 1 aromatic rings. The van der Waals surface area contributed by atoms with Gasteiger partial charge in [0.2, 0.25) is 0 Å². The number of rotatable bonds is 3. The van der Waals surface area contributed by atoms with E-state index in [0.29, 0.717) is 6.54 Å². The van der Waals surface area contributed by atoms with Crippen LogP contribution in [0.4, 0.5) is 5.82 Å². The first kappa shape index (κ1) is 12.9. The van der Waals surface area contributed by atoms with Crippen LogP contribution >= 0.6 is 0 Å². The van der Waals surface area contributed by atoms with Crippen LogP contribution in [0.5, 0.6) is 0 Å². The van der Waals surface area contributed by atoms with Crippen molar-refractivity contribution in [2.24, 2.45) is 5.92 Å². The number of carboxylic acid groups (broad SMARTS) is 1. The second kappa shape index (κ2) is 4.78. The Balaban J connectivity index is 1.82. The van der Waals surface area contributed by atoms with E-state index >= 15 is 0 Å². The van der Waals surface area contributed by atoms with Gasteiger partial charge >= 0.3 is 5.97 Å². The third-order valence-corrected chi connectivity index (χ3v) is 4.28. The van der Waals surface area contributed by atoms with E-state index in [-0.39, 0.29) is 5.92 Å². The molecule has 1 atom stereocenters. The lowest BCUT2D eigenvalue weighted by molar-refractivity contribution is -0.141. The number of piperidine rings is 1. The summed E-state index contributed by atoms with van der Waals surface area (Å²) >= 11 is 0. The minimum absolute atomic E-state index is 0.319. The molecule has 2 aliphatic rings. The van der Waals surface area contributed by atoms with Crippen molar-refractivity contribution in [3.8, 4) is 6.07 Å². The largest absolute Gasteiger partial charge is 0.481 e. The van der Waals surface area contributed by atoms with E-state index in [9.17, 15) is 10.1 Å². The van der Waals surface area contributed by atoms with Gasteiger partial charge in [-0.3, -0.25) is 4.79 Å². The predicted octanol–water partition coefficient (Wildman–Crippen LogP) is 1.94. The smallest absolute Gasteiger partial charge is 0.308 e. The van der Waals surface area contributed by atoms with Gasteiger partial charge in [0.25, 0.3) is 0 Å². The third-order valence-electron chi connectivity index (χ3n) is 4.28. The van der Waals surface area contributed by atoms with Crippen LogP contribution in [0.25, 0.3) is 0 Å². The van der Waals surface area contributed by atoms with Gasteiger partial charge in [0, 0.05) is 13.1 Å². The number of carboxylic acids is 1. The summed E-state index contributed by atoms with van der Waals surface area (Å²) in [7, 11) is 0. The van der Waals surface area contributed by atoms with Crippen molar-refractivity contribution in [2.75, 3.05) is 18.0 Å². The second-order valence-electron chi connectivity index (χ2n) is 5.70. The molecule has 0 amide bonds. The summed E-state index contributed by atoms with van der Waals surface area (Å²) < 4.78 is 0. The van der Waals surface area contributed by atoms with E-state index in [4.69, 9.17) is 5.11 Å². The average Bonchev–Trinajstić information content (AvgIpc) is 3.29. The number of pyridine rings is 1. The Labute approximate surface area is 117 Å². The number of carbonyl (C=O) groups is 1. The lowest BCUT2D eigenvalue weighted by Crippen LogP contribution is -2.39. The summed E-state index contributed by atoms with van der Waals surface area (Å²) in [6.45, 7) is 1.34. The maximum Gasteiger partial charge on any atom is 0.308 e. The fourth-order valence-electron chi connectivity index (χ4n) is 2.80. The van der Waals surface area contributed by atoms with E-state index < -0.39 is 11.4 Å². The zero-order chi connectivity index (χ0) is 14.2. The lowest BCUT2D eigenvalue weighted by atomic mass is 9.98. The highest BCUT2D eigenvalue weighted by atomic mass is 16.4. The monoisotopic (exact) mass is 271 g/mol. The number of anilines is 1. The highest BCUT2D eigenvalue weighted by Gasteiger charge is 2.46. The molecule has 2 heterocycles. The van der Waals surface area contributed by atoms with Crippen LogP contribution in [0.15, 0.2) is 18.2 Å². The molecule has 0 spiro atoms. The summed E-state index contributed by atoms with van der Waals surface area (Å²) in [6, 6.07) is 8.07. The van der Waals surface area contributed by atoms with Crippen LogP contribution in [0, 0.1) is 17.2 Å². The molecule has 1 N–H and O–H groups in total. The average molecular weight is 271 g/mol. The van der Waals surface area contributed by atoms with E-state index in [0.717, 1.165) is 43.7 Å². The standard InChI is InChI=1S/C15H17N3O2/c16-10-15(6-7-15)12-4-1-5-13(17-12)18-8-2-3-11(9-18)14(19)20/h1,4-5,11H,2-3,6-9H2,(H,19,20). The summed E-state index contributed by atoms with van der Waals surface area (Å²) in [5.41, 5.74) is 0.438. The highest BCUT2D eigenvalue weighted by Crippen LogP contribution is 2.47. The summed E-state index contributed by atoms with van der Waals surface area (Å²) in [5.74, 6) is -0.253. The quantitative estimate of drug-likeness (QED) is 0.909. The molecular formula is C15H17N3O2. The van der Waals surface area contributed by atoms with E-state index in [2.05, 4.69) is 11.1 Å². The van der Waals surface area contributed by atoms with Gasteiger partial charge in [-0.25, -0.2) is 4.98 Å². The first-order valence-corrected chi connectivity index (χ1v) is 7.01. The zero-order valence-corrected chi connectivity index (χ0v) is 11.2. The first-order chi connectivity index (χ1) is 9.64. The molecule has 2 fully saturated rings. The maximum absolute atomic E-state index is 11.1. The molecule has 1 saturated carbocycles. The highest BCUT2D eigenvalue weighted by molar-refractivity contribution is 5.71. The van der Waals surface area contributed by atoms with Crippen LogP contribution in [0.2, 0.25) is 0 Å². The van der Waals surface area contributed by atoms with Gasteiger partial charge in [0.1, 0.15) is 5.82 Å². The predicted molar refractivity (Wildman–Crippen MR) is 73.3 cm³/mol.